The highest BCUT2D eigenvalue weighted by Gasteiger charge is 2.09. The predicted octanol–water partition coefficient (Wildman–Crippen LogP) is 4.80. The van der Waals surface area contributed by atoms with Gasteiger partial charge in [0.2, 0.25) is 0 Å². The standard InChI is InChI=1S/C23H24N4O3/c1-14-11-15(2)21(16(3)12-14)27-23(29)26-17-5-7-18(8-6-17)30-19-9-10-25-20(13-19)22(28)24-4/h5-13H,1-4H3,(H,24,28)(H2,26,27,29). The molecule has 0 saturated carbocycles. The third-order valence-electron chi connectivity index (χ3n) is 4.45. The summed E-state index contributed by atoms with van der Waals surface area (Å²) < 4.78 is 5.76. The van der Waals surface area contributed by atoms with Crippen molar-refractivity contribution in [1.82, 2.24) is 10.3 Å². The number of amides is 3. The first-order valence-electron chi connectivity index (χ1n) is 9.47. The number of aromatic nitrogens is 1. The summed E-state index contributed by atoms with van der Waals surface area (Å²) in [6.45, 7) is 5.96. The molecule has 1 aromatic heterocycles. The molecule has 7 heteroatoms. The molecular formula is C23H24N4O3. The lowest BCUT2D eigenvalue weighted by Gasteiger charge is -2.14. The molecule has 1 heterocycles. The topological polar surface area (TPSA) is 92.4 Å². The van der Waals surface area contributed by atoms with E-state index in [2.05, 4.69) is 20.9 Å². The Balaban J connectivity index is 1.64. The highest BCUT2D eigenvalue weighted by molar-refractivity contribution is 6.00. The maximum Gasteiger partial charge on any atom is 0.323 e. The normalized spacial score (nSPS) is 10.3. The molecular weight excluding hydrogens is 380 g/mol. The van der Waals surface area contributed by atoms with E-state index in [1.165, 1.54) is 6.20 Å². The second-order valence-corrected chi connectivity index (χ2v) is 6.94. The molecule has 3 aromatic rings. The summed E-state index contributed by atoms with van der Waals surface area (Å²) in [5.41, 5.74) is 4.89. The van der Waals surface area contributed by atoms with Gasteiger partial charge in [-0.2, -0.15) is 0 Å². The zero-order valence-electron chi connectivity index (χ0n) is 17.4. The fourth-order valence-corrected chi connectivity index (χ4v) is 3.12. The fraction of sp³-hybridized carbons (Fsp3) is 0.174. The number of pyridine rings is 1. The zero-order chi connectivity index (χ0) is 21.7. The number of anilines is 2. The Kier molecular flexibility index (Phi) is 6.32. The van der Waals surface area contributed by atoms with E-state index in [-0.39, 0.29) is 17.6 Å². The smallest absolute Gasteiger partial charge is 0.323 e. The molecule has 30 heavy (non-hydrogen) atoms. The van der Waals surface area contributed by atoms with Crippen LogP contribution in [0.5, 0.6) is 11.5 Å². The molecule has 0 saturated heterocycles. The Morgan fingerprint density at radius 2 is 1.53 bits per heavy atom. The van der Waals surface area contributed by atoms with E-state index < -0.39 is 0 Å². The first kappa shape index (κ1) is 20.9. The molecule has 7 nitrogen and oxygen atoms in total. The lowest BCUT2D eigenvalue weighted by atomic mass is 10.1. The number of benzene rings is 2. The number of ether oxygens (including phenoxy) is 1. The van der Waals surface area contributed by atoms with Crippen molar-refractivity contribution in [2.75, 3.05) is 17.7 Å². The number of hydrogen-bond donors (Lipinski definition) is 3. The van der Waals surface area contributed by atoms with Crippen LogP contribution in [0.1, 0.15) is 27.2 Å². The summed E-state index contributed by atoms with van der Waals surface area (Å²) in [4.78, 5) is 28.1. The quantitative estimate of drug-likeness (QED) is 0.569. The Morgan fingerprint density at radius 3 is 2.17 bits per heavy atom. The first-order valence-corrected chi connectivity index (χ1v) is 9.47. The van der Waals surface area contributed by atoms with Gasteiger partial charge in [0.25, 0.3) is 5.91 Å². The molecule has 0 aliphatic carbocycles. The molecule has 3 rings (SSSR count). The molecule has 2 aromatic carbocycles. The van der Waals surface area contributed by atoms with E-state index >= 15 is 0 Å². The Bertz CT molecular complexity index is 1060. The summed E-state index contributed by atoms with van der Waals surface area (Å²) >= 11 is 0. The summed E-state index contributed by atoms with van der Waals surface area (Å²) in [5, 5.41) is 8.24. The van der Waals surface area contributed by atoms with E-state index in [9.17, 15) is 9.59 Å². The Morgan fingerprint density at radius 1 is 0.867 bits per heavy atom. The van der Waals surface area contributed by atoms with Crippen molar-refractivity contribution in [1.29, 1.82) is 0 Å². The fourth-order valence-electron chi connectivity index (χ4n) is 3.12. The van der Waals surface area contributed by atoms with E-state index in [1.54, 1.807) is 43.4 Å². The number of aryl methyl sites for hydroxylation is 3. The zero-order valence-corrected chi connectivity index (χ0v) is 17.4. The molecule has 0 bridgehead atoms. The summed E-state index contributed by atoms with van der Waals surface area (Å²) in [5.74, 6) is 0.776. The van der Waals surface area contributed by atoms with Crippen LogP contribution in [0.2, 0.25) is 0 Å². The van der Waals surface area contributed by atoms with Crippen molar-refractivity contribution in [3.63, 3.8) is 0 Å². The lowest BCUT2D eigenvalue weighted by Crippen LogP contribution is -2.20. The summed E-state index contributed by atoms with van der Waals surface area (Å²) in [6.07, 6.45) is 1.51. The minimum atomic E-state index is -0.317. The molecule has 0 spiro atoms. The molecule has 154 valence electrons. The second-order valence-electron chi connectivity index (χ2n) is 6.94. The first-order chi connectivity index (χ1) is 14.4. The summed E-state index contributed by atoms with van der Waals surface area (Å²) in [6, 6.07) is 13.9. The lowest BCUT2D eigenvalue weighted by molar-refractivity contribution is 0.0958. The number of carbonyl (C=O) groups is 2. The van der Waals surface area contributed by atoms with E-state index in [0.717, 1.165) is 22.4 Å². The highest BCUT2D eigenvalue weighted by atomic mass is 16.5. The highest BCUT2D eigenvalue weighted by Crippen LogP contribution is 2.24. The van der Waals surface area contributed by atoms with Gasteiger partial charge in [0.1, 0.15) is 17.2 Å². The number of nitrogens with zero attached hydrogens (tertiary/aromatic N) is 1. The third-order valence-corrected chi connectivity index (χ3v) is 4.45. The van der Waals surface area contributed by atoms with Crippen LogP contribution in [0, 0.1) is 20.8 Å². The monoisotopic (exact) mass is 404 g/mol. The van der Waals surface area contributed by atoms with Gasteiger partial charge >= 0.3 is 6.03 Å². The molecule has 3 amide bonds. The Labute approximate surface area is 175 Å². The van der Waals surface area contributed by atoms with Crippen LogP contribution >= 0.6 is 0 Å². The van der Waals surface area contributed by atoms with Crippen molar-refractivity contribution in [2.45, 2.75) is 20.8 Å². The number of carbonyl (C=O) groups excluding carboxylic acids is 2. The van der Waals surface area contributed by atoms with Gasteiger partial charge in [-0.1, -0.05) is 17.7 Å². The van der Waals surface area contributed by atoms with Crippen LogP contribution in [0.25, 0.3) is 0 Å². The molecule has 0 aliphatic heterocycles. The molecule has 0 unspecified atom stereocenters. The number of nitrogens with one attached hydrogen (secondary N) is 3. The average Bonchev–Trinajstić information content (AvgIpc) is 2.72. The van der Waals surface area contributed by atoms with Gasteiger partial charge in [0.15, 0.2) is 0 Å². The number of urea groups is 1. The van der Waals surface area contributed by atoms with Gasteiger partial charge in [0, 0.05) is 30.7 Å². The van der Waals surface area contributed by atoms with Crippen LogP contribution in [0.15, 0.2) is 54.7 Å². The SMILES string of the molecule is CNC(=O)c1cc(Oc2ccc(NC(=O)Nc3c(C)cc(C)cc3C)cc2)ccn1. The number of hydrogen-bond acceptors (Lipinski definition) is 4. The van der Waals surface area contributed by atoms with E-state index in [0.29, 0.717) is 17.2 Å². The largest absolute Gasteiger partial charge is 0.457 e. The van der Waals surface area contributed by atoms with Crippen molar-refractivity contribution in [3.8, 4) is 11.5 Å². The van der Waals surface area contributed by atoms with Crippen molar-refractivity contribution >= 4 is 23.3 Å². The van der Waals surface area contributed by atoms with Gasteiger partial charge in [-0.15, -0.1) is 0 Å². The van der Waals surface area contributed by atoms with Gasteiger partial charge in [-0.25, -0.2) is 4.79 Å². The molecule has 0 radical (unpaired) electrons. The van der Waals surface area contributed by atoms with Crippen LogP contribution in [-0.4, -0.2) is 24.0 Å². The van der Waals surface area contributed by atoms with Gasteiger partial charge < -0.3 is 20.7 Å². The Hall–Kier alpha value is -3.87. The number of rotatable bonds is 5. The van der Waals surface area contributed by atoms with Crippen LogP contribution in [0.3, 0.4) is 0 Å². The maximum atomic E-state index is 12.4. The van der Waals surface area contributed by atoms with Crippen molar-refractivity contribution in [3.05, 3.63) is 77.1 Å². The third kappa shape index (κ3) is 5.14. The van der Waals surface area contributed by atoms with Gasteiger partial charge in [0.05, 0.1) is 0 Å². The minimum absolute atomic E-state index is 0.270. The molecule has 0 aliphatic rings. The average molecular weight is 404 g/mol. The van der Waals surface area contributed by atoms with Crippen LogP contribution < -0.4 is 20.7 Å². The van der Waals surface area contributed by atoms with Crippen molar-refractivity contribution in [2.24, 2.45) is 0 Å². The van der Waals surface area contributed by atoms with Gasteiger partial charge in [-0.05, 0) is 62.2 Å². The predicted molar refractivity (Wildman–Crippen MR) is 117 cm³/mol. The van der Waals surface area contributed by atoms with E-state index in [4.69, 9.17) is 4.74 Å². The van der Waals surface area contributed by atoms with Crippen LogP contribution in [0.4, 0.5) is 16.2 Å². The van der Waals surface area contributed by atoms with Crippen LogP contribution in [-0.2, 0) is 0 Å². The summed E-state index contributed by atoms with van der Waals surface area (Å²) in [7, 11) is 1.54. The van der Waals surface area contributed by atoms with Gasteiger partial charge in [-0.3, -0.25) is 9.78 Å². The minimum Gasteiger partial charge on any atom is -0.457 e. The molecule has 0 fully saturated rings. The van der Waals surface area contributed by atoms with E-state index in [1.807, 2.05) is 32.9 Å². The molecule has 3 N–H and O–H groups in total. The second kappa shape index (κ2) is 9.09. The van der Waals surface area contributed by atoms with Crippen molar-refractivity contribution < 1.29 is 14.3 Å². The molecule has 0 atom stereocenters. The maximum absolute atomic E-state index is 12.4.